The lowest BCUT2D eigenvalue weighted by Gasteiger charge is -2.20. The van der Waals surface area contributed by atoms with Crippen LogP contribution in [-0.2, 0) is 14.3 Å². The third kappa shape index (κ3) is 3.48. The fraction of sp³-hybridized carbons (Fsp3) is 0.417. The van der Waals surface area contributed by atoms with E-state index in [-0.39, 0.29) is 16.6 Å². The van der Waals surface area contributed by atoms with E-state index in [1.165, 1.54) is 5.41 Å². The van der Waals surface area contributed by atoms with Gasteiger partial charge in [-0.2, -0.15) is 0 Å². The molecular weight excluding hydrogens is 298 g/mol. The Bertz CT molecular complexity index is 615. The maximum atomic E-state index is 11.9. The highest BCUT2D eigenvalue weighted by atomic mass is 32.2. The number of carboxylic acid groups (broad SMARTS) is 1. The number of aliphatic imine (C=N–C) groups is 2. The number of ether oxygens (including phenoxy) is 1. The Balaban J connectivity index is 2.20. The summed E-state index contributed by atoms with van der Waals surface area (Å²) < 4.78 is 4.99. The minimum atomic E-state index is -1.18. The van der Waals surface area contributed by atoms with Crippen molar-refractivity contribution < 1.29 is 24.2 Å². The van der Waals surface area contributed by atoms with Crippen molar-refractivity contribution in [3.63, 3.8) is 0 Å². The number of nitrogens with zero attached hydrogens (tertiary/aromatic N) is 2. The smallest absolute Gasteiger partial charge is 0.437 e. The maximum absolute atomic E-state index is 11.9. The van der Waals surface area contributed by atoms with Crippen LogP contribution in [0.15, 0.2) is 21.0 Å². The Morgan fingerprint density at radius 3 is 2.71 bits per heavy atom. The normalized spacial score (nSPS) is 23.1. The van der Waals surface area contributed by atoms with Crippen molar-refractivity contribution in [1.82, 2.24) is 5.32 Å². The Morgan fingerprint density at radius 2 is 2.14 bits per heavy atom. The summed E-state index contributed by atoms with van der Waals surface area (Å²) in [4.78, 5) is 42.0. The summed E-state index contributed by atoms with van der Waals surface area (Å²) in [5.74, 6) is -2.92. The molecule has 2 rings (SSSR count). The van der Waals surface area contributed by atoms with E-state index in [1.54, 1.807) is 20.8 Å². The number of hydrogen-bond acceptors (Lipinski definition) is 5. The number of carboxylic acids is 1. The van der Waals surface area contributed by atoms with E-state index in [1.807, 2.05) is 0 Å². The van der Waals surface area contributed by atoms with Gasteiger partial charge >= 0.3 is 12.1 Å². The summed E-state index contributed by atoms with van der Waals surface area (Å²) in [5, 5.41) is 12.9. The number of fused-ring (bicyclic) bond motifs is 1. The molecule has 2 aliphatic heterocycles. The molecule has 0 spiro atoms. The van der Waals surface area contributed by atoms with Gasteiger partial charge < -0.3 is 9.84 Å². The van der Waals surface area contributed by atoms with Gasteiger partial charge in [0, 0.05) is 0 Å². The summed E-state index contributed by atoms with van der Waals surface area (Å²) in [6, 6.07) is 0. The number of nitrogens with one attached hydrogen (secondary N) is 1. The van der Waals surface area contributed by atoms with Gasteiger partial charge in [-0.05, 0) is 26.2 Å². The minimum Gasteiger partial charge on any atom is -0.478 e. The van der Waals surface area contributed by atoms with E-state index in [2.05, 4.69) is 15.3 Å². The molecule has 9 heteroatoms. The van der Waals surface area contributed by atoms with Gasteiger partial charge in [0.05, 0.1) is 10.6 Å². The lowest BCUT2D eigenvalue weighted by Crippen LogP contribution is -2.43. The third-order valence-electron chi connectivity index (χ3n) is 2.42. The molecule has 0 aromatic heterocycles. The fourth-order valence-corrected chi connectivity index (χ4v) is 2.64. The van der Waals surface area contributed by atoms with E-state index in [4.69, 9.17) is 9.84 Å². The molecule has 2 heterocycles. The van der Waals surface area contributed by atoms with E-state index in [9.17, 15) is 14.4 Å². The summed E-state index contributed by atoms with van der Waals surface area (Å²) >= 11 is 1.02. The molecule has 2 aliphatic rings. The van der Waals surface area contributed by atoms with Crippen LogP contribution in [0.25, 0.3) is 0 Å². The number of hydrogen-bond donors (Lipinski definition) is 2. The summed E-state index contributed by atoms with van der Waals surface area (Å²) in [6.07, 6.45) is -0.880. The maximum Gasteiger partial charge on any atom is 0.437 e. The molecule has 2 amide bonds. The van der Waals surface area contributed by atoms with Gasteiger partial charge in [-0.3, -0.25) is 10.1 Å². The van der Waals surface area contributed by atoms with Gasteiger partial charge in [0.15, 0.2) is 0 Å². The van der Waals surface area contributed by atoms with Crippen molar-refractivity contribution in [2.24, 2.45) is 15.9 Å². The second-order valence-electron chi connectivity index (χ2n) is 5.28. The lowest BCUT2D eigenvalue weighted by atomic mass is 10.0. The topological polar surface area (TPSA) is 117 Å². The molecule has 0 aromatic rings. The fourth-order valence-electron chi connectivity index (χ4n) is 1.65. The first kappa shape index (κ1) is 15.2. The van der Waals surface area contributed by atoms with Gasteiger partial charge in [-0.15, -0.1) is 4.99 Å². The standard InChI is InChI=1S/C12H13N3O5S/c1-12(2,3)20-11(19)15-10-13-7(16)6-5(9(17)18)4-21-8(6)14-10/h4,6H,1-3H3,(H,17,18)(H,13,15,16,19)/t6-/m0/s1. The van der Waals surface area contributed by atoms with E-state index in [0.717, 1.165) is 11.8 Å². The van der Waals surface area contributed by atoms with Crippen molar-refractivity contribution in [1.29, 1.82) is 0 Å². The van der Waals surface area contributed by atoms with Crippen molar-refractivity contribution in [3.8, 4) is 0 Å². The van der Waals surface area contributed by atoms with Gasteiger partial charge in [0.2, 0.25) is 11.9 Å². The van der Waals surface area contributed by atoms with Gasteiger partial charge in [0.25, 0.3) is 0 Å². The van der Waals surface area contributed by atoms with Gasteiger partial charge in [-0.25, -0.2) is 14.6 Å². The summed E-state index contributed by atoms with van der Waals surface area (Å²) in [7, 11) is 0. The van der Waals surface area contributed by atoms with Crippen LogP contribution in [0.5, 0.6) is 0 Å². The molecule has 0 unspecified atom stereocenters. The van der Waals surface area contributed by atoms with E-state index in [0.29, 0.717) is 0 Å². The van der Waals surface area contributed by atoms with Gasteiger partial charge in [-0.1, -0.05) is 11.8 Å². The first-order valence-corrected chi connectivity index (χ1v) is 6.86. The molecule has 0 aromatic carbocycles. The number of carbonyl (C=O) groups is 3. The zero-order chi connectivity index (χ0) is 15.8. The third-order valence-corrected chi connectivity index (χ3v) is 3.36. The molecule has 0 bridgehead atoms. The van der Waals surface area contributed by atoms with Crippen LogP contribution in [0.3, 0.4) is 0 Å². The average Bonchev–Trinajstić information content (AvgIpc) is 2.70. The highest BCUT2D eigenvalue weighted by Gasteiger charge is 2.40. The number of guanidine groups is 1. The molecule has 21 heavy (non-hydrogen) atoms. The average molecular weight is 311 g/mol. The zero-order valence-electron chi connectivity index (χ0n) is 11.5. The lowest BCUT2D eigenvalue weighted by molar-refractivity contribution is -0.134. The minimum absolute atomic E-state index is 0.0485. The zero-order valence-corrected chi connectivity index (χ0v) is 12.4. The molecular formula is C12H13N3O5S. The molecule has 0 aliphatic carbocycles. The molecule has 0 radical (unpaired) electrons. The second kappa shape index (κ2) is 5.32. The van der Waals surface area contributed by atoms with Crippen molar-refractivity contribution in [2.45, 2.75) is 26.4 Å². The van der Waals surface area contributed by atoms with Gasteiger partial charge in [0.1, 0.15) is 11.5 Å². The molecule has 0 saturated carbocycles. The highest BCUT2D eigenvalue weighted by Crippen LogP contribution is 2.33. The molecule has 0 saturated heterocycles. The predicted octanol–water partition coefficient (Wildman–Crippen LogP) is 1.14. The Labute approximate surface area is 124 Å². The van der Waals surface area contributed by atoms with E-state index < -0.39 is 29.5 Å². The first-order valence-electron chi connectivity index (χ1n) is 5.98. The quantitative estimate of drug-likeness (QED) is 0.749. The molecule has 8 nitrogen and oxygen atoms in total. The first-order chi connectivity index (χ1) is 9.67. The van der Waals surface area contributed by atoms with Crippen LogP contribution in [0.4, 0.5) is 4.79 Å². The van der Waals surface area contributed by atoms with E-state index >= 15 is 0 Å². The molecule has 1 atom stereocenters. The van der Waals surface area contributed by atoms with Crippen molar-refractivity contribution >= 4 is 40.7 Å². The number of carbonyl (C=O) groups excluding carboxylic acids is 2. The van der Waals surface area contributed by atoms with Crippen molar-refractivity contribution in [3.05, 3.63) is 11.0 Å². The molecule has 2 N–H and O–H groups in total. The Kier molecular flexibility index (Phi) is 3.86. The SMILES string of the molecule is CC(C)(C)OC(=O)N=C1N=C2SC=C(C(=O)O)[C@H]2C(=O)N1. The number of amides is 2. The summed E-state index contributed by atoms with van der Waals surface area (Å²) in [6.45, 7) is 5.05. The Morgan fingerprint density at radius 1 is 1.48 bits per heavy atom. The van der Waals surface area contributed by atoms with Crippen LogP contribution in [0.2, 0.25) is 0 Å². The van der Waals surface area contributed by atoms with Crippen LogP contribution in [0, 0.1) is 5.92 Å². The second-order valence-corrected chi connectivity index (χ2v) is 6.17. The monoisotopic (exact) mass is 311 g/mol. The molecule has 0 fully saturated rings. The Hall–Kier alpha value is -2.16. The van der Waals surface area contributed by atoms with Crippen LogP contribution in [-0.4, -0.2) is 39.7 Å². The van der Waals surface area contributed by atoms with Crippen LogP contribution >= 0.6 is 11.8 Å². The molecule has 112 valence electrons. The number of thioether (sulfide) groups is 1. The highest BCUT2D eigenvalue weighted by molar-refractivity contribution is 8.17. The number of rotatable bonds is 1. The van der Waals surface area contributed by atoms with Crippen LogP contribution in [0.1, 0.15) is 20.8 Å². The van der Waals surface area contributed by atoms with Crippen molar-refractivity contribution in [2.75, 3.05) is 0 Å². The number of aliphatic carboxylic acids is 1. The predicted molar refractivity (Wildman–Crippen MR) is 76.0 cm³/mol. The largest absolute Gasteiger partial charge is 0.478 e. The summed E-state index contributed by atoms with van der Waals surface area (Å²) in [5.41, 5.74) is -0.761. The van der Waals surface area contributed by atoms with Crippen LogP contribution < -0.4 is 5.32 Å².